The highest BCUT2D eigenvalue weighted by atomic mass is 35.5. The van der Waals surface area contributed by atoms with Crippen LogP contribution in [0.15, 0.2) is 42.7 Å². The van der Waals surface area contributed by atoms with Gasteiger partial charge in [-0.1, -0.05) is 17.7 Å². The number of hydrogen-bond acceptors (Lipinski definition) is 11. The van der Waals surface area contributed by atoms with Gasteiger partial charge in [-0.05, 0) is 77.0 Å². The van der Waals surface area contributed by atoms with E-state index in [1.54, 1.807) is 20.8 Å². The number of nitriles is 1. The Kier molecular flexibility index (Phi) is 12.7. The van der Waals surface area contributed by atoms with Crippen molar-refractivity contribution >= 4 is 35.6 Å². The van der Waals surface area contributed by atoms with E-state index in [1.807, 2.05) is 6.07 Å². The molecule has 2 saturated carbocycles. The van der Waals surface area contributed by atoms with Crippen molar-refractivity contribution in [3.63, 3.8) is 0 Å². The van der Waals surface area contributed by atoms with E-state index in [1.165, 1.54) is 18.2 Å². The number of rotatable bonds is 11. The fourth-order valence-corrected chi connectivity index (χ4v) is 6.36. The minimum Gasteiger partial charge on any atom is -0.459 e. The van der Waals surface area contributed by atoms with Crippen LogP contribution in [0.4, 0.5) is 39.9 Å². The Morgan fingerprint density at radius 2 is 1.55 bits per heavy atom. The summed E-state index contributed by atoms with van der Waals surface area (Å²) in [5.74, 6) is -9.63. The van der Waals surface area contributed by atoms with Gasteiger partial charge in [-0.2, -0.15) is 50.6 Å². The molecule has 5 rings (SSSR count). The largest absolute Gasteiger partial charge is 0.510 e. The molecule has 14 nitrogen and oxygen atoms in total. The summed E-state index contributed by atoms with van der Waals surface area (Å²) in [5.41, 5.74) is -7.37. The molecule has 0 saturated heterocycles. The van der Waals surface area contributed by atoms with Crippen LogP contribution in [0.25, 0.3) is 16.9 Å². The number of ether oxygens (including phenoxy) is 4. The third kappa shape index (κ3) is 10.2. The van der Waals surface area contributed by atoms with Gasteiger partial charge in [0.05, 0.1) is 22.9 Å². The van der Waals surface area contributed by atoms with Crippen molar-refractivity contribution in [3.8, 4) is 23.0 Å². The molecule has 2 fully saturated rings. The molecule has 3 aromatic rings. The molecule has 23 heteroatoms. The molecule has 0 atom stereocenters. The molecule has 324 valence electrons. The van der Waals surface area contributed by atoms with Crippen molar-refractivity contribution in [1.82, 2.24) is 24.5 Å². The van der Waals surface area contributed by atoms with Crippen molar-refractivity contribution in [2.75, 3.05) is 6.73 Å². The zero-order valence-electron chi connectivity index (χ0n) is 32.0. The number of hydrogen-bond donors (Lipinski definition) is 0. The van der Waals surface area contributed by atoms with E-state index >= 15 is 0 Å². The van der Waals surface area contributed by atoms with Gasteiger partial charge >= 0.3 is 36.4 Å². The maximum Gasteiger partial charge on any atom is 0.510 e. The van der Waals surface area contributed by atoms with Crippen LogP contribution in [0.2, 0.25) is 5.02 Å². The van der Waals surface area contributed by atoms with Crippen LogP contribution >= 0.6 is 11.6 Å². The second kappa shape index (κ2) is 16.7. The molecule has 0 aliphatic heterocycles. The van der Waals surface area contributed by atoms with Crippen LogP contribution in [-0.2, 0) is 47.7 Å². The number of halogens is 9. The van der Waals surface area contributed by atoms with E-state index in [0.29, 0.717) is 17.5 Å². The van der Waals surface area contributed by atoms with Crippen molar-refractivity contribution in [2.45, 2.75) is 101 Å². The van der Waals surface area contributed by atoms with E-state index in [2.05, 4.69) is 10.2 Å². The second-order valence-electron chi connectivity index (χ2n) is 14.8. The van der Waals surface area contributed by atoms with E-state index in [0.717, 1.165) is 36.5 Å². The first-order valence-corrected chi connectivity index (χ1v) is 18.3. The summed E-state index contributed by atoms with van der Waals surface area (Å²) in [6.07, 6.45) is -9.26. The van der Waals surface area contributed by atoms with Gasteiger partial charge in [0, 0.05) is 31.0 Å². The summed E-state index contributed by atoms with van der Waals surface area (Å²) >= 11 is 6.36. The highest BCUT2D eigenvalue weighted by molar-refractivity contribution is 6.34. The molecule has 0 N–H and O–H groups in total. The minimum atomic E-state index is -6.41. The lowest BCUT2D eigenvalue weighted by molar-refractivity contribution is -0.292. The van der Waals surface area contributed by atoms with Gasteiger partial charge in [-0.15, -0.1) is 0 Å². The van der Waals surface area contributed by atoms with Crippen LogP contribution in [-0.4, -0.2) is 84.7 Å². The second-order valence-corrected chi connectivity index (χ2v) is 15.2. The molecule has 2 aromatic heterocycles. The first-order valence-electron chi connectivity index (χ1n) is 17.9. The average Bonchev–Trinajstić information content (AvgIpc) is 3.61. The molecule has 2 aliphatic rings. The van der Waals surface area contributed by atoms with Gasteiger partial charge in [0.15, 0.2) is 18.2 Å². The quantitative estimate of drug-likeness (QED) is 0.0603. The molecule has 0 spiro atoms. The van der Waals surface area contributed by atoms with Gasteiger partial charge in [0.2, 0.25) is 0 Å². The van der Waals surface area contributed by atoms with Gasteiger partial charge in [-0.25, -0.2) is 23.7 Å². The van der Waals surface area contributed by atoms with Crippen molar-refractivity contribution < 1.29 is 73.2 Å². The first-order chi connectivity index (χ1) is 27.8. The summed E-state index contributed by atoms with van der Waals surface area (Å²) < 4.78 is 132. The van der Waals surface area contributed by atoms with E-state index < -0.39 is 89.4 Å². The van der Waals surface area contributed by atoms with Gasteiger partial charge in [0.1, 0.15) is 28.9 Å². The van der Waals surface area contributed by atoms with Crippen molar-refractivity contribution in [1.29, 1.82) is 5.26 Å². The lowest BCUT2D eigenvalue weighted by Crippen LogP contribution is -2.44. The Bertz CT molecular complexity index is 2210. The zero-order chi connectivity index (χ0) is 44.6. The number of carbonyl (C=O) groups excluding carboxylic acids is 4. The maximum atomic E-state index is 14.2. The highest BCUT2D eigenvalue weighted by Gasteiger charge is 2.64. The Hall–Kier alpha value is -5.72. The Morgan fingerprint density at radius 1 is 0.950 bits per heavy atom. The fraction of sp³-hybridized carbons (Fsp3) is 0.486. The third-order valence-corrected chi connectivity index (χ3v) is 9.55. The molecule has 60 heavy (non-hydrogen) atoms. The Labute approximate surface area is 340 Å². The lowest BCUT2D eigenvalue weighted by atomic mass is 9.95. The Balaban J connectivity index is 1.26. The van der Waals surface area contributed by atoms with Crippen LogP contribution in [0.5, 0.6) is 0 Å². The predicted octanol–water partition coefficient (Wildman–Crippen LogP) is 7.96. The summed E-state index contributed by atoms with van der Waals surface area (Å²) in [5, 5.41) is 16.4. The van der Waals surface area contributed by atoms with Gasteiger partial charge in [0.25, 0.3) is 5.91 Å². The topological polar surface area (TPSA) is 168 Å². The number of nitrogens with zero attached hydrogens (tertiary/aromatic N) is 6. The van der Waals surface area contributed by atoms with Crippen molar-refractivity contribution in [3.05, 3.63) is 64.6 Å². The van der Waals surface area contributed by atoms with Gasteiger partial charge in [-0.3, -0.25) is 9.69 Å². The van der Waals surface area contributed by atoms with Crippen LogP contribution in [0.1, 0.15) is 80.9 Å². The normalized spacial score (nSPS) is 18.1. The lowest BCUT2D eigenvalue weighted by Gasteiger charge is -2.29. The molecule has 0 radical (unpaired) electrons. The molecule has 0 bridgehead atoms. The fourth-order valence-electron chi connectivity index (χ4n) is 6.16. The van der Waals surface area contributed by atoms with Crippen LogP contribution < -0.4 is 0 Å². The Morgan fingerprint density at radius 3 is 2.10 bits per heavy atom. The SMILES string of the molecule is Cn1nc(C(F)(F)C(F)(F)F)c(C(F)(F)F)c1-n1cc(-c2ccc(Cl)c(C(=O)N(COC(=O)O[C@H]3CC[C@@H](OC(=O)/C=C/C(=O)OC(C)(C)C)CC3)C3(C#N)CC3)c2)cn1. The van der Waals surface area contributed by atoms with Crippen LogP contribution in [0.3, 0.4) is 0 Å². The number of esters is 2. The number of benzene rings is 1. The monoisotopic (exact) mass is 878 g/mol. The standard InChI is InChI=1S/C37H35ClF8N6O8/c1-33(2,3)60-27(54)12-11-26(53)58-22-6-8-23(9-7-22)59-32(56)57-19-51(34(18-47)13-14-34)31(55)24-15-20(5-10-25(24)38)21-16-48-52(17-21)30-28(36(41,42)43)29(49-50(30)4)35(39,40)37(44,45)46/h5,10-12,15-17,22-23H,6-9,13-14,19H2,1-4H3/b12-11+/t22-,23+. The van der Waals surface area contributed by atoms with E-state index in [9.17, 15) is 59.6 Å². The number of aryl methyl sites for hydroxylation is 1. The van der Waals surface area contributed by atoms with Crippen molar-refractivity contribution in [2.24, 2.45) is 7.05 Å². The number of amides is 1. The summed E-state index contributed by atoms with van der Waals surface area (Å²) in [7, 11) is 0.720. The molecule has 1 amide bonds. The number of aromatic nitrogens is 4. The first kappa shape index (κ1) is 45.4. The maximum absolute atomic E-state index is 14.2. The molecule has 0 unspecified atom stereocenters. The van der Waals surface area contributed by atoms with E-state index in [-0.39, 0.29) is 52.1 Å². The summed E-state index contributed by atoms with van der Waals surface area (Å²) in [4.78, 5) is 51.6. The highest BCUT2D eigenvalue weighted by Crippen LogP contribution is 2.49. The molecular weight excluding hydrogens is 844 g/mol. The molecule has 2 heterocycles. The van der Waals surface area contributed by atoms with Crippen LogP contribution in [0, 0.1) is 11.3 Å². The average molecular weight is 879 g/mol. The number of alkyl halides is 8. The molecule has 1 aromatic carbocycles. The predicted molar refractivity (Wildman–Crippen MR) is 189 cm³/mol. The smallest absolute Gasteiger partial charge is 0.459 e. The third-order valence-electron chi connectivity index (χ3n) is 9.22. The molecule has 2 aliphatic carbocycles. The minimum absolute atomic E-state index is 0.0475. The molecular formula is C37H35ClF8N6O8. The zero-order valence-corrected chi connectivity index (χ0v) is 32.8. The number of carbonyl (C=O) groups is 4. The van der Waals surface area contributed by atoms with Gasteiger partial charge < -0.3 is 18.9 Å². The summed E-state index contributed by atoms with van der Waals surface area (Å²) in [6.45, 7) is 4.23. The van der Waals surface area contributed by atoms with E-state index in [4.69, 9.17) is 30.5 Å². The summed E-state index contributed by atoms with van der Waals surface area (Å²) in [6, 6.07) is 5.70.